The summed E-state index contributed by atoms with van der Waals surface area (Å²) in [6, 6.07) is 24.6. The Kier molecular flexibility index (Phi) is 7.77. The van der Waals surface area contributed by atoms with Gasteiger partial charge in [-0.2, -0.15) is 4.39 Å². The molecule has 0 aliphatic rings. The number of pyridine rings is 2. The summed E-state index contributed by atoms with van der Waals surface area (Å²) in [5.74, 6) is -0.801. The van der Waals surface area contributed by atoms with Crippen LogP contribution in [-0.4, -0.2) is 16.4 Å². The van der Waals surface area contributed by atoms with Crippen molar-refractivity contribution in [3.63, 3.8) is 0 Å². The van der Waals surface area contributed by atoms with Gasteiger partial charge in [0.25, 0.3) is 0 Å². The standard InChI is InChI=1S/C16H13FN2.C12H10FN3O/c1-11-3-2-4-13(9-11)19-16-7-8-18-15-6-5-12(17)10-14(15)16;13-12-7-11(4-5-14-12)16-10-3-1-2-9(6-10)15-8-17/h2-10H,1H3,(H,18,19);1-8H,(H,14,16)(H,15,17). The number of rotatable bonds is 6. The summed E-state index contributed by atoms with van der Waals surface area (Å²) in [6.45, 7) is 2.04. The zero-order chi connectivity index (χ0) is 25.3. The van der Waals surface area contributed by atoms with E-state index in [1.165, 1.54) is 30.0 Å². The van der Waals surface area contributed by atoms with Crippen LogP contribution < -0.4 is 16.0 Å². The molecule has 0 aliphatic carbocycles. The van der Waals surface area contributed by atoms with Gasteiger partial charge in [0.2, 0.25) is 12.4 Å². The molecule has 3 N–H and O–H groups in total. The largest absolute Gasteiger partial charge is 0.355 e. The molecule has 0 saturated carbocycles. The highest BCUT2D eigenvalue weighted by atomic mass is 19.1. The van der Waals surface area contributed by atoms with E-state index in [1.807, 2.05) is 43.3 Å². The molecule has 0 saturated heterocycles. The number of nitrogens with one attached hydrogen (secondary N) is 3. The number of carbonyl (C=O) groups excluding carboxylic acids is 1. The highest BCUT2D eigenvalue weighted by Crippen LogP contribution is 2.26. The highest BCUT2D eigenvalue weighted by molar-refractivity contribution is 5.92. The van der Waals surface area contributed by atoms with Crippen molar-refractivity contribution in [1.29, 1.82) is 0 Å². The first kappa shape index (κ1) is 24.3. The lowest BCUT2D eigenvalue weighted by Gasteiger charge is -2.10. The lowest BCUT2D eigenvalue weighted by atomic mass is 10.1. The summed E-state index contributed by atoms with van der Waals surface area (Å²) in [6.07, 6.45) is 3.70. The van der Waals surface area contributed by atoms with E-state index in [0.29, 0.717) is 17.8 Å². The van der Waals surface area contributed by atoms with Gasteiger partial charge in [0.15, 0.2) is 0 Å². The molecule has 5 aromatic rings. The van der Waals surface area contributed by atoms with E-state index >= 15 is 0 Å². The number of fused-ring (bicyclic) bond motifs is 1. The Morgan fingerprint density at radius 1 is 0.722 bits per heavy atom. The van der Waals surface area contributed by atoms with Gasteiger partial charge in [-0.3, -0.25) is 9.78 Å². The minimum absolute atomic E-state index is 0.257. The first-order valence-corrected chi connectivity index (χ1v) is 11.1. The van der Waals surface area contributed by atoms with Gasteiger partial charge in [-0.05, 0) is 73.2 Å². The van der Waals surface area contributed by atoms with Crippen LogP contribution in [0, 0.1) is 18.7 Å². The van der Waals surface area contributed by atoms with Gasteiger partial charge in [0, 0.05) is 52.3 Å². The number of halogens is 2. The predicted octanol–water partition coefficient (Wildman–Crippen LogP) is 6.96. The third-order valence-corrected chi connectivity index (χ3v) is 5.10. The van der Waals surface area contributed by atoms with Crippen LogP contribution in [0.4, 0.5) is 37.2 Å². The molecule has 0 bridgehead atoms. The van der Waals surface area contributed by atoms with Crippen LogP contribution in [0.3, 0.4) is 0 Å². The molecule has 0 spiro atoms. The quantitative estimate of drug-likeness (QED) is 0.180. The van der Waals surface area contributed by atoms with Crippen molar-refractivity contribution in [2.45, 2.75) is 6.92 Å². The number of aromatic nitrogens is 2. The Morgan fingerprint density at radius 3 is 2.22 bits per heavy atom. The monoisotopic (exact) mass is 483 g/mol. The molecular formula is C28H23F2N5O. The first-order valence-electron chi connectivity index (χ1n) is 11.1. The number of aryl methyl sites for hydroxylation is 1. The summed E-state index contributed by atoms with van der Waals surface area (Å²) in [4.78, 5) is 18.0. The first-order chi connectivity index (χ1) is 17.5. The van der Waals surface area contributed by atoms with Crippen LogP contribution in [-0.2, 0) is 4.79 Å². The molecule has 180 valence electrons. The third-order valence-electron chi connectivity index (χ3n) is 5.10. The zero-order valence-electron chi connectivity index (χ0n) is 19.4. The minimum atomic E-state index is -0.544. The summed E-state index contributed by atoms with van der Waals surface area (Å²) in [7, 11) is 0. The Balaban J connectivity index is 0.000000170. The van der Waals surface area contributed by atoms with Gasteiger partial charge in [-0.1, -0.05) is 18.2 Å². The Hall–Kier alpha value is -4.85. The molecule has 1 amide bonds. The maximum atomic E-state index is 13.4. The predicted molar refractivity (Wildman–Crippen MR) is 140 cm³/mol. The molecule has 8 heteroatoms. The third kappa shape index (κ3) is 6.60. The summed E-state index contributed by atoms with van der Waals surface area (Å²) < 4.78 is 26.2. The zero-order valence-corrected chi connectivity index (χ0v) is 19.4. The number of hydrogen-bond acceptors (Lipinski definition) is 5. The lowest BCUT2D eigenvalue weighted by molar-refractivity contribution is -0.105. The Bertz CT molecular complexity index is 1490. The summed E-state index contributed by atoms with van der Waals surface area (Å²) >= 11 is 0. The van der Waals surface area contributed by atoms with E-state index < -0.39 is 5.95 Å². The van der Waals surface area contributed by atoms with E-state index in [9.17, 15) is 13.6 Å². The van der Waals surface area contributed by atoms with Gasteiger partial charge in [-0.15, -0.1) is 0 Å². The average Bonchev–Trinajstić information content (AvgIpc) is 2.85. The number of anilines is 5. The van der Waals surface area contributed by atoms with Gasteiger partial charge < -0.3 is 16.0 Å². The number of amides is 1. The van der Waals surface area contributed by atoms with E-state index in [1.54, 1.807) is 36.5 Å². The highest BCUT2D eigenvalue weighted by Gasteiger charge is 2.04. The molecule has 5 rings (SSSR count). The van der Waals surface area contributed by atoms with Crippen LogP contribution in [0.15, 0.2) is 97.3 Å². The molecule has 0 aliphatic heterocycles. The molecule has 2 heterocycles. The van der Waals surface area contributed by atoms with Crippen molar-refractivity contribution in [2.75, 3.05) is 16.0 Å². The molecular weight excluding hydrogens is 460 g/mol. The van der Waals surface area contributed by atoms with Crippen molar-refractivity contribution in [1.82, 2.24) is 9.97 Å². The molecule has 0 atom stereocenters. The van der Waals surface area contributed by atoms with Gasteiger partial charge in [-0.25, -0.2) is 9.37 Å². The van der Waals surface area contributed by atoms with Crippen molar-refractivity contribution in [3.05, 3.63) is 115 Å². The second-order valence-corrected chi connectivity index (χ2v) is 7.85. The van der Waals surface area contributed by atoms with Crippen LogP contribution in [0.2, 0.25) is 0 Å². The fourth-order valence-corrected chi connectivity index (χ4v) is 3.51. The molecule has 0 fully saturated rings. The lowest BCUT2D eigenvalue weighted by Crippen LogP contribution is -1.96. The van der Waals surface area contributed by atoms with Gasteiger partial charge in [0.05, 0.1) is 5.52 Å². The molecule has 36 heavy (non-hydrogen) atoms. The average molecular weight is 484 g/mol. The molecule has 2 aromatic heterocycles. The Morgan fingerprint density at radius 2 is 1.44 bits per heavy atom. The normalized spacial score (nSPS) is 10.2. The minimum Gasteiger partial charge on any atom is -0.355 e. The van der Waals surface area contributed by atoms with Crippen LogP contribution >= 0.6 is 0 Å². The van der Waals surface area contributed by atoms with Gasteiger partial charge >= 0.3 is 0 Å². The second kappa shape index (κ2) is 11.5. The smallest absolute Gasteiger partial charge is 0.214 e. The maximum Gasteiger partial charge on any atom is 0.214 e. The molecule has 0 radical (unpaired) electrons. The number of carbonyl (C=O) groups is 1. The molecule has 3 aromatic carbocycles. The summed E-state index contributed by atoms with van der Waals surface area (Å²) in [5.41, 5.74) is 5.81. The fourth-order valence-electron chi connectivity index (χ4n) is 3.51. The van der Waals surface area contributed by atoms with Crippen molar-refractivity contribution in [3.8, 4) is 0 Å². The number of nitrogens with zero attached hydrogens (tertiary/aromatic N) is 2. The second-order valence-electron chi connectivity index (χ2n) is 7.85. The number of hydrogen-bond donors (Lipinski definition) is 3. The number of benzene rings is 3. The topological polar surface area (TPSA) is 78.9 Å². The van der Waals surface area contributed by atoms with E-state index in [4.69, 9.17) is 0 Å². The van der Waals surface area contributed by atoms with E-state index in [-0.39, 0.29) is 5.82 Å². The van der Waals surface area contributed by atoms with Crippen LogP contribution in [0.1, 0.15) is 5.56 Å². The SMILES string of the molecule is Cc1cccc(Nc2ccnc3ccc(F)cc23)c1.O=CNc1cccc(Nc2ccnc(F)c2)c1. The van der Waals surface area contributed by atoms with Crippen LogP contribution in [0.5, 0.6) is 0 Å². The maximum absolute atomic E-state index is 13.4. The fraction of sp³-hybridized carbons (Fsp3) is 0.0357. The van der Waals surface area contributed by atoms with E-state index in [2.05, 4.69) is 25.9 Å². The van der Waals surface area contributed by atoms with Crippen molar-refractivity contribution >= 4 is 45.7 Å². The summed E-state index contributed by atoms with van der Waals surface area (Å²) in [5, 5.41) is 9.64. The molecule has 0 unspecified atom stereocenters. The van der Waals surface area contributed by atoms with Crippen molar-refractivity contribution < 1.29 is 13.6 Å². The Labute approximate surface area is 207 Å². The van der Waals surface area contributed by atoms with Gasteiger partial charge in [0.1, 0.15) is 5.82 Å². The van der Waals surface area contributed by atoms with E-state index in [0.717, 1.165) is 28.0 Å². The van der Waals surface area contributed by atoms with Crippen LogP contribution in [0.25, 0.3) is 10.9 Å². The molecule has 6 nitrogen and oxygen atoms in total. The van der Waals surface area contributed by atoms with Crippen molar-refractivity contribution in [2.24, 2.45) is 0 Å².